The first kappa shape index (κ1) is 20.0. The minimum atomic E-state index is -0.176. The zero-order chi connectivity index (χ0) is 19.1. The van der Waals surface area contributed by atoms with Gasteiger partial charge in [-0.2, -0.15) is 0 Å². The van der Waals surface area contributed by atoms with Crippen molar-refractivity contribution in [2.45, 2.75) is 6.10 Å². The molecule has 3 rings (SSSR count). The molecule has 7 heteroatoms. The predicted molar refractivity (Wildman–Crippen MR) is 106 cm³/mol. The lowest BCUT2D eigenvalue weighted by Gasteiger charge is -2.25. The number of para-hydroxylation sites is 1. The fourth-order valence-corrected chi connectivity index (χ4v) is 3.29. The number of ether oxygens (including phenoxy) is 2. The van der Waals surface area contributed by atoms with Gasteiger partial charge in [-0.05, 0) is 29.8 Å². The average molecular weight is 409 g/mol. The first-order chi connectivity index (χ1) is 13.1. The highest BCUT2D eigenvalue weighted by Crippen LogP contribution is 2.31. The minimum Gasteiger partial charge on any atom is -0.484 e. The van der Waals surface area contributed by atoms with Crippen LogP contribution in [-0.4, -0.2) is 38.8 Å². The van der Waals surface area contributed by atoms with Gasteiger partial charge in [-0.15, -0.1) is 0 Å². The van der Waals surface area contributed by atoms with Crippen molar-refractivity contribution < 1.29 is 14.3 Å². The van der Waals surface area contributed by atoms with Crippen LogP contribution in [0, 0.1) is 5.92 Å². The van der Waals surface area contributed by atoms with Gasteiger partial charge in [-0.1, -0.05) is 47.5 Å². The van der Waals surface area contributed by atoms with Crippen molar-refractivity contribution in [1.82, 2.24) is 10.6 Å². The molecule has 1 aliphatic rings. The van der Waals surface area contributed by atoms with Crippen LogP contribution < -0.4 is 15.4 Å². The number of benzene rings is 2. The molecular weight excluding hydrogens is 387 g/mol. The lowest BCUT2D eigenvalue weighted by Crippen LogP contribution is -2.38. The van der Waals surface area contributed by atoms with Gasteiger partial charge in [0.25, 0.3) is 5.91 Å². The van der Waals surface area contributed by atoms with Gasteiger partial charge in [-0.25, -0.2) is 0 Å². The Bertz CT molecular complexity index is 758. The van der Waals surface area contributed by atoms with E-state index in [1.54, 1.807) is 6.07 Å². The Hall–Kier alpha value is -1.79. The van der Waals surface area contributed by atoms with Gasteiger partial charge >= 0.3 is 0 Å². The molecule has 0 aromatic heterocycles. The van der Waals surface area contributed by atoms with Crippen LogP contribution in [0.15, 0.2) is 48.5 Å². The van der Waals surface area contributed by atoms with E-state index >= 15 is 0 Å². The molecule has 1 saturated heterocycles. The van der Waals surface area contributed by atoms with Crippen LogP contribution in [-0.2, 0) is 9.53 Å². The van der Waals surface area contributed by atoms with E-state index in [0.29, 0.717) is 28.9 Å². The smallest absolute Gasteiger partial charge is 0.257 e. The molecule has 1 aliphatic heterocycles. The van der Waals surface area contributed by atoms with E-state index in [2.05, 4.69) is 10.6 Å². The summed E-state index contributed by atoms with van der Waals surface area (Å²) in [6, 6.07) is 14.8. The molecule has 0 aliphatic carbocycles. The summed E-state index contributed by atoms with van der Waals surface area (Å²) in [4.78, 5) is 12.2. The number of amides is 1. The van der Waals surface area contributed by atoms with Crippen molar-refractivity contribution in [2.24, 2.45) is 5.92 Å². The second-order valence-electron chi connectivity index (χ2n) is 6.33. The summed E-state index contributed by atoms with van der Waals surface area (Å²) < 4.78 is 11.5. The van der Waals surface area contributed by atoms with Crippen LogP contribution >= 0.6 is 23.2 Å². The fourth-order valence-electron chi connectivity index (χ4n) is 2.99. The number of nitrogens with one attached hydrogen (secondary N) is 2. The zero-order valence-electron chi connectivity index (χ0n) is 14.8. The van der Waals surface area contributed by atoms with Crippen LogP contribution in [0.2, 0.25) is 10.0 Å². The first-order valence-corrected chi connectivity index (χ1v) is 9.61. The third-order valence-electron chi connectivity index (χ3n) is 4.36. The van der Waals surface area contributed by atoms with Crippen molar-refractivity contribution >= 4 is 29.1 Å². The molecule has 0 spiro atoms. The van der Waals surface area contributed by atoms with Gasteiger partial charge < -0.3 is 20.1 Å². The maximum absolute atomic E-state index is 12.2. The predicted octanol–water partition coefficient (Wildman–Crippen LogP) is 3.47. The Morgan fingerprint density at radius 3 is 2.78 bits per heavy atom. The molecule has 2 aromatic rings. The molecule has 1 fully saturated rings. The van der Waals surface area contributed by atoms with Gasteiger partial charge in [0.15, 0.2) is 6.61 Å². The maximum atomic E-state index is 12.2. The minimum absolute atomic E-state index is 0.0253. The first-order valence-electron chi connectivity index (χ1n) is 8.85. The van der Waals surface area contributed by atoms with Crippen LogP contribution in [0.5, 0.6) is 5.75 Å². The van der Waals surface area contributed by atoms with E-state index < -0.39 is 0 Å². The fraction of sp³-hybridized carbons (Fsp3) is 0.350. The Labute approximate surface area is 168 Å². The molecule has 1 amide bonds. The summed E-state index contributed by atoms with van der Waals surface area (Å²) in [7, 11) is 0. The molecular formula is C20H22Cl2N2O3. The van der Waals surface area contributed by atoms with E-state index in [9.17, 15) is 4.79 Å². The number of rotatable bonds is 6. The Balaban J connectivity index is 1.58. The largest absolute Gasteiger partial charge is 0.484 e. The summed E-state index contributed by atoms with van der Waals surface area (Å²) in [5.74, 6) is 0.558. The van der Waals surface area contributed by atoms with Gasteiger partial charge in [-0.3, -0.25) is 4.79 Å². The third kappa shape index (κ3) is 5.84. The lowest BCUT2D eigenvalue weighted by molar-refractivity contribution is -0.123. The summed E-state index contributed by atoms with van der Waals surface area (Å²) in [5.41, 5.74) is 0.952. The second-order valence-corrected chi connectivity index (χ2v) is 7.15. The summed E-state index contributed by atoms with van der Waals surface area (Å²) in [6.45, 7) is 2.52. The SMILES string of the molecule is O=C(COc1ccccc1)NCC1CNCCOC1c1ccc(Cl)c(Cl)c1. The van der Waals surface area contributed by atoms with Crippen LogP contribution in [0.1, 0.15) is 11.7 Å². The molecule has 1 heterocycles. The molecule has 2 N–H and O–H groups in total. The molecule has 2 aromatic carbocycles. The van der Waals surface area contributed by atoms with Crippen LogP contribution in [0.4, 0.5) is 0 Å². The quantitative estimate of drug-likeness (QED) is 0.767. The van der Waals surface area contributed by atoms with E-state index in [1.807, 2.05) is 42.5 Å². The van der Waals surface area contributed by atoms with Crippen molar-refractivity contribution in [2.75, 3.05) is 32.8 Å². The molecule has 5 nitrogen and oxygen atoms in total. The number of halogens is 2. The van der Waals surface area contributed by atoms with E-state index in [0.717, 1.165) is 18.7 Å². The normalized spacial score (nSPS) is 19.9. The van der Waals surface area contributed by atoms with E-state index in [-0.39, 0.29) is 24.5 Å². The highest BCUT2D eigenvalue weighted by molar-refractivity contribution is 6.42. The highest BCUT2D eigenvalue weighted by atomic mass is 35.5. The summed E-state index contributed by atoms with van der Waals surface area (Å²) in [6.07, 6.45) is -0.176. The van der Waals surface area contributed by atoms with Crippen LogP contribution in [0.25, 0.3) is 0 Å². The van der Waals surface area contributed by atoms with E-state index in [4.69, 9.17) is 32.7 Å². The molecule has 2 unspecified atom stereocenters. The topological polar surface area (TPSA) is 59.6 Å². The van der Waals surface area contributed by atoms with Gasteiger partial charge in [0.2, 0.25) is 0 Å². The number of carbonyl (C=O) groups excluding carboxylic acids is 1. The van der Waals surface area contributed by atoms with Crippen molar-refractivity contribution in [3.05, 3.63) is 64.1 Å². The standard InChI is InChI=1S/C20H22Cl2N2O3/c21-17-7-6-14(10-18(17)22)20-15(11-23-8-9-26-20)12-24-19(25)13-27-16-4-2-1-3-5-16/h1-7,10,15,20,23H,8-9,11-13H2,(H,24,25). The van der Waals surface area contributed by atoms with E-state index in [1.165, 1.54) is 0 Å². The maximum Gasteiger partial charge on any atom is 0.257 e. The lowest BCUT2D eigenvalue weighted by atomic mass is 9.95. The summed E-state index contributed by atoms with van der Waals surface area (Å²) in [5, 5.41) is 7.28. The Kier molecular flexibility index (Phi) is 7.35. The third-order valence-corrected chi connectivity index (χ3v) is 5.10. The Morgan fingerprint density at radius 2 is 2.00 bits per heavy atom. The van der Waals surface area contributed by atoms with Crippen LogP contribution in [0.3, 0.4) is 0 Å². The molecule has 2 atom stereocenters. The Morgan fingerprint density at radius 1 is 1.19 bits per heavy atom. The molecule has 0 bridgehead atoms. The second kappa shape index (κ2) is 9.95. The number of carbonyl (C=O) groups is 1. The molecule has 144 valence electrons. The number of hydrogen-bond donors (Lipinski definition) is 2. The monoisotopic (exact) mass is 408 g/mol. The number of hydrogen-bond acceptors (Lipinski definition) is 4. The average Bonchev–Trinajstić information content (AvgIpc) is 2.93. The highest BCUT2D eigenvalue weighted by Gasteiger charge is 2.27. The van der Waals surface area contributed by atoms with Gasteiger partial charge in [0, 0.05) is 25.6 Å². The zero-order valence-corrected chi connectivity index (χ0v) is 16.3. The molecule has 0 saturated carbocycles. The van der Waals surface area contributed by atoms with Gasteiger partial charge in [0.05, 0.1) is 22.8 Å². The molecule has 27 heavy (non-hydrogen) atoms. The van der Waals surface area contributed by atoms with Gasteiger partial charge in [0.1, 0.15) is 5.75 Å². The van der Waals surface area contributed by atoms with Crippen molar-refractivity contribution in [1.29, 1.82) is 0 Å². The van der Waals surface area contributed by atoms with Crippen molar-refractivity contribution in [3.8, 4) is 5.75 Å². The molecule has 0 radical (unpaired) electrons. The summed E-state index contributed by atoms with van der Waals surface area (Å²) >= 11 is 12.2. The van der Waals surface area contributed by atoms with Crippen molar-refractivity contribution in [3.63, 3.8) is 0 Å².